The number of nitrogens with one attached hydrogen (secondary N) is 1. The molecule has 0 saturated heterocycles. The third-order valence-corrected chi connectivity index (χ3v) is 20.7. The van der Waals surface area contributed by atoms with Gasteiger partial charge in [-0.1, -0.05) is 182 Å². The number of imidazole rings is 4. The molecule has 0 unspecified atom stereocenters. The Morgan fingerprint density at radius 1 is 0.299 bits per heavy atom. The summed E-state index contributed by atoms with van der Waals surface area (Å²) < 4.78 is 41.3. The highest BCUT2D eigenvalue weighted by molar-refractivity contribution is 14.1. The molecular formula is C90H53BrF2IN13. The van der Waals surface area contributed by atoms with Crippen molar-refractivity contribution in [2.24, 2.45) is 0 Å². The average Bonchev–Trinajstić information content (AvgIpc) is 1.58. The molecule has 0 atom stereocenters. The van der Waals surface area contributed by atoms with E-state index in [1.54, 1.807) is 30.3 Å². The Bertz CT molecular complexity index is 7150. The van der Waals surface area contributed by atoms with Gasteiger partial charge in [0.05, 0.1) is 110 Å². The monoisotopic (exact) mass is 1560 g/mol. The summed E-state index contributed by atoms with van der Waals surface area (Å²) in [7, 11) is 0. The first-order chi connectivity index (χ1) is 52.7. The Kier molecular flexibility index (Phi) is 17.4. The van der Waals surface area contributed by atoms with Crippen molar-refractivity contribution in [1.29, 1.82) is 21.0 Å². The molecule has 506 valence electrons. The van der Waals surface area contributed by atoms with Gasteiger partial charge in [-0.3, -0.25) is 17.9 Å². The van der Waals surface area contributed by atoms with Crippen LogP contribution in [-0.2, 0) is 0 Å². The van der Waals surface area contributed by atoms with Crippen LogP contribution in [0.4, 0.5) is 8.78 Å². The number of nitriles is 4. The first-order valence-corrected chi connectivity index (χ1v) is 35.9. The van der Waals surface area contributed by atoms with Crippen molar-refractivity contribution in [3.05, 3.63) is 357 Å². The fourth-order valence-electron chi connectivity index (χ4n) is 14.5. The Balaban J connectivity index is 0.000000105. The molecule has 21 aromatic rings. The van der Waals surface area contributed by atoms with Gasteiger partial charge in [0.25, 0.3) is 0 Å². The number of benzene rings is 14. The van der Waals surface area contributed by atoms with E-state index < -0.39 is 11.6 Å². The van der Waals surface area contributed by atoms with Crippen LogP contribution in [0.1, 0.15) is 22.3 Å². The summed E-state index contributed by atoms with van der Waals surface area (Å²) >= 11 is 5.17. The van der Waals surface area contributed by atoms with Crippen LogP contribution in [0.5, 0.6) is 0 Å². The number of halogens is 4. The number of aromatic nitrogens is 9. The molecule has 0 fully saturated rings. The van der Waals surface area contributed by atoms with E-state index in [0.717, 1.165) is 109 Å². The number of hydrogen-bond acceptors (Lipinski definition) is 6. The van der Waals surface area contributed by atoms with E-state index in [0.29, 0.717) is 21.3 Å². The summed E-state index contributed by atoms with van der Waals surface area (Å²) in [5.41, 5.74) is 18.9. The van der Waals surface area contributed by atoms with Crippen LogP contribution in [0.25, 0.3) is 144 Å². The van der Waals surface area contributed by atoms with Gasteiger partial charge in [0.2, 0.25) is 11.6 Å². The first kappa shape index (κ1) is 66.3. The summed E-state index contributed by atoms with van der Waals surface area (Å²) in [5.74, 6) is 0.626. The molecule has 7 heterocycles. The number of fused-ring (bicyclic) bond motifs is 19. The second kappa shape index (κ2) is 28.0. The molecule has 107 heavy (non-hydrogen) atoms. The zero-order valence-corrected chi connectivity index (χ0v) is 60.1. The lowest BCUT2D eigenvalue weighted by Gasteiger charge is -2.14. The van der Waals surface area contributed by atoms with Crippen molar-refractivity contribution >= 4 is 160 Å². The molecule has 0 saturated carbocycles. The third kappa shape index (κ3) is 11.4. The minimum atomic E-state index is -0.495. The van der Waals surface area contributed by atoms with E-state index in [1.165, 1.54) is 44.7 Å². The number of nitrogens with zero attached hydrogens (tertiary/aromatic N) is 12. The highest BCUT2D eigenvalue weighted by Gasteiger charge is 2.24. The number of aromatic amines is 1. The lowest BCUT2D eigenvalue weighted by molar-refractivity contribution is 0.617. The first-order valence-electron chi connectivity index (χ1n) is 34.1. The lowest BCUT2D eigenvalue weighted by Crippen LogP contribution is -2.04. The molecule has 7 aromatic heterocycles. The van der Waals surface area contributed by atoms with Crippen molar-refractivity contribution in [1.82, 2.24) is 42.0 Å². The molecule has 17 heteroatoms. The summed E-state index contributed by atoms with van der Waals surface area (Å²) in [5, 5.41) is 44.8. The number of rotatable bonds is 4. The van der Waals surface area contributed by atoms with Crippen LogP contribution in [0, 0.1) is 60.5 Å². The summed E-state index contributed by atoms with van der Waals surface area (Å²) in [6.07, 6.45) is 0. The maximum atomic E-state index is 14.6. The highest BCUT2D eigenvalue weighted by Crippen LogP contribution is 2.39. The van der Waals surface area contributed by atoms with Gasteiger partial charge in [-0.25, -0.2) is 18.7 Å². The van der Waals surface area contributed by atoms with E-state index in [2.05, 4.69) is 199 Å². The molecular weight excluding hydrogens is 1510 g/mol. The van der Waals surface area contributed by atoms with Gasteiger partial charge in [0.15, 0.2) is 11.6 Å². The van der Waals surface area contributed by atoms with Crippen LogP contribution < -0.4 is 0 Å². The van der Waals surface area contributed by atoms with Crippen LogP contribution in [-0.4, -0.2) is 42.0 Å². The number of H-pyrrole nitrogens is 1. The maximum absolute atomic E-state index is 14.6. The Morgan fingerprint density at radius 3 is 1.07 bits per heavy atom. The molecule has 0 aliphatic rings. The van der Waals surface area contributed by atoms with Gasteiger partial charge < -0.3 is 14.1 Å². The molecule has 0 aliphatic carbocycles. The smallest absolute Gasteiger partial charge is 0.220 e. The summed E-state index contributed by atoms with van der Waals surface area (Å²) in [4.78, 5) is 13.2. The van der Waals surface area contributed by atoms with Gasteiger partial charge in [-0.05, 0) is 172 Å². The SMILES string of the molecule is N#Cc1c(-n2c3ccccc3c3ccccc32)cccc1-n1c2ccccc2n2c3ccccc3nc12.N#Cc1c(I)cccc1-n1c2ccccc2n2c3ccccc3nc12.N#Cc1cccc(-n2c3ccccc3c3ccccc32)c1F.N#Cc1cccc(Br)c1F.c1ccc2c(c1)[nH]c1ccccc12. The quantitative estimate of drug-likeness (QED) is 0.172. The molecule has 14 aromatic carbocycles. The molecule has 0 radical (unpaired) electrons. The van der Waals surface area contributed by atoms with Gasteiger partial charge in [0.1, 0.15) is 29.8 Å². The fourth-order valence-corrected chi connectivity index (χ4v) is 15.5. The molecule has 21 rings (SSSR count). The van der Waals surface area contributed by atoms with Crippen LogP contribution in [0.15, 0.2) is 320 Å². The van der Waals surface area contributed by atoms with Crippen LogP contribution >= 0.6 is 38.5 Å². The summed E-state index contributed by atoms with van der Waals surface area (Å²) in [6, 6.07) is 112. The Morgan fingerprint density at radius 2 is 0.626 bits per heavy atom. The normalized spacial score (nSPS) is 11.1. The van der Waals surface area contributed by atoms with Crippen LogP contribution in [0.3, 0.4) is 0 Å². The van der Waals surface area contributed by atoms with E-state index in [-0.39, 0.29) is 11.1 Å². The molecule has 0 amide bonds. The number of para-hydroxylation sites is 14. The van der Waals surface area contributed by atoms with Gasteiger partial charge in [-0.15, -0.1) is 0 Å². The maximum Gasteiger partial charge on any atom is 0.220 e. The van der Waals surface area contributed by atoms with E-state index >= 15 is 0 Å². The van der Waals surface area contributed by atoms with Gasteiger partial charge >= 0.3 is 0 Å². The van der Waals surface area contributed by atoms with Crippen molar-refractivity contribution in [2.75, 3.05) is 0 Å². The molecule has 0 bridgehead atoms. The predicted molar refractivity (Wildman–Crippen MR) is 436 cm³/mol. The second-order valence-corrected chi connectivity index (χ2v) is 27.1. The van der Waals surface area contributed by atoms with E-state index in [1.807, 2.05) is 168 Å². The van der Waals surface area contributed by atoms with E-state index in [4.69, 9.17) is 20.5 Å². The van der Waals surface area contributed by atoms with Gasteiger partial charge in [0, 0.05) is 46.9 Å². The Labute approximate surface area is 631 Å². The standard InChI is InChI=1S/C32H19N5.C20H11IN4.C19H11FN2.C12H9N.C7H3BrFN/c33-20-23-27(35-25-13-4-1-10-21(25)22-11-2-5-14-26(22)35)18-9-19-28(23)36-30-16-7-8-17-31(30)37-29-15-6-3-12-24(29)34-32(36)37;21-14-6-5-11-16(13(14)12-22)24-18-9-3-4-10-19(18)25-17-8-2-1-7-15(17)23-20(24)25;20-19-13(12-21)6-5-11-18(19)22-16-9-3-1-7-14(16)15-8-2-4-10-17(15)22;1-3-7-11-9(5-1)10-6-2-4-8-12(10)13-11;8-6-3-1-2-5(4-10)7(6)9/h1-19H;1-11H;1-11H;1-8,13H;1-3H. The van der Waals surface area contributed by atoms with Gasteiger partial charge in [-0.2, -0.15) is 21.0 Å². The second-order valence-electron chi connectivity index (χ2n) is 25.1. The minimum Gasteiger partial charge on any atom is -0.355 e. The zero-order chi connectivity index (χ0) is 72.8. The zero-order valence-electron chi connectivity index (χ0n) is 56.4. The topological polar surface area (TPSA) is 165 Å². The molecule has 0 spiro atoms. The Hall–Kier alpha value is -14.0. The molecule has 0 aliphatic heterocycles. The van der Waals surface area contributed by atoms with E-state index in [9.17, 15) is 19.3 Å². The summed E-state index contributed by atoms with van der Waals surface area (Å²) in [6.45, 7) is 0. The van der Waals surface area contributed by atoms with Crippen molar-refractivity contribution in [3.63, 3.8) is 0 Å². The third-order valence-electron chi connectivity index (χ3n) is 19.2. The van der Waals surface area contributed by atoms with Crippen molar-refractivity contribution in [3.8, 4) is 47.0 Å². The minimum absolute atomic E-state index is 0.0550. The largest absolute Gasteiger partial charge is 0.355 e. The lowest BCUT2D eigenvalue weighted by atomic mass is 10.1. The highest BCUT2D eigenvalue weighted by atomic mass is 127. The molecule has 1 N–H and O–H groups in total. The van der Waals surface area contributed by atoms with Crippen LogP contribution in [0.2, 0.25) is 0 Å². The molecule has 13 nitrogen and oxygen atoms in total. The fraction of sp³-hybridized carbons (Fsp3) is 0. The van der Waals surface area contributed by atoms with Crippen molar-refractivity contribution < 1.29 is 8.78 Å². The van der Waals surface area contributed by atoms with Crippen molar-refractivity contribution in [2.45, 2.75) is 0 Å². The number of hydrogen-bond donors (Lipinski definition) is 1. The average molecular weight is 1560 g/mol. The predicted octanol–water partition coefficient (Wildman–Crippen LogP) is 22.9.